The van der Waals surface area contributed by atoms with Crippen molar-refractivity contribution in [2.75, 3.05) is 40.3 Å². The van der Waals surface area contributed by atoms with Crippen molar-refractivity contribution in [3.05, 3.63) is 0 Å². The fourth-order valence-electron chi connectivity index (χ4n) is 2.24. The van der Waals surface area contributed by atoms with E-state index in [0.29, 0.717) is 5.96 Å². The predicted octanol–water partition coefficient (Wildman–Crippen LogP) is 1.37. The van der Waals surface area contributed by atoms with E-state index in [1.807, 2.05) is 0 Å². The van der Waals surface area contributed by atoms with E-state index in [-0.39, 0.29) is 18.6 Å². The molecule has 0 aromatic heterocycles. The number of guanidine groups is 1. The maximum Gasteiger partial charge on any atom is 0.243 e. The summed E-state index contributed by atoms with van der Waals surface area (Å²) in [6.07, 6.45) is 7.31. The molecule has 0 aliphatic carbocycles. The summed E-state index contributed by atoms with van der Waals surface area (Å²) in [5, 5.41) is 6.60. The molecule has 1 unspecified atom stereocenters. The maximum atomic E-state index is 11.7. The molecule has 1 aliphatic rings. The highest BCUT2D eigenvalue weighted by Crippen LogP contribution is 2.10. The lowest BCUT2D eigenvalue weighted by Gasteiger charge is -2.16. The highest BCUT2D eigenvalue weighted by molar-refractivity contribution is 5.84. The molecule has 0 spiro atoms. The molecule has 0 radical (unpaired) electrons. The van der Waals surface area contributed by atoms with Gasteiger partial charge >= 0.3 is 0 Å². The zero-order valence-corrected chi connectivity index (χ0v) is 14.4. The number of rotatable bonds is 9. The van der Waals surface area contributed by atoms with Crippen LogP contribution in [0.5, 0.6) is 0 Å². The first-order valence-corrected chi connectivity index (χ1v) is 8.47. The molecule has 1 atom stereocenters. The Bertz CT molecular complexity index is 339. The third kappa shape index (κ3) is 8.22. The first-order chi connectivity index (χ1) is 10.6. The number of carbonyl (C=O) groups excluding carboxylic acids is 1. The number of nitrogens with one attached hydrogen (secondary N) is 2. The number of amides is 1. The molecule has 0 saturated carbocycles. The second-order valence-electron chi connectivity index (χ2n) is 5.96. The number of unbranched alkanes of at least 4 members (excludes halogenated alkanes) is 3. The van der Waals surface area contributed by atoms with Gasteiger partial charge in [0.25, 0.3) is 0 Å². The van der Waals surface area contributed by atoms with Crippen molar-refractivity contribution in [2.24, 2.45) is 4.99 Å². The zero-order chi connectivity index (χ0) is 16.2. The van der Waals surface area contributed by atoms with Gasteiger partial charge in [-0.3, -0.25) is 4.79 Å². The fourth-order valence-corrected chi connectivity index (χ4v) is 2.24. The molecule has 1 heterocycles. The molecule has 1 aliphatic heterocycles. The second kappa shape index (κ2) is 11.3. The van der Waals surface area contributed by atoms with Crippen molar-refractivity contribution in [2.45, 2.75) is 51.6 Å². The Morgan fingerprint density at radius 3 is 2.73 bits per heavy atom. The Morgan fingerprint density at radius 1 is 1.27 bits per heavy atom. The van der Waals surface area contributed by atoms with E-state index in [4.69, 9.17) is 4.74 Å². The van der Waals surface area contributed by atoms with Crippen LogP contribution in [0.4, 0.5) is 0 Å². The Balaban J connectivity index is 2.36. The highest BCUT2D eigenvalue weighted by Gasteiger charge is 2.15. The van der Waals surface area contributed by atoms with E-state index in [1.54, 1.807) is 19.0 Å². The van der Waals surface area contributed by atoms with E-state index in [1.165, 1.54) is 19.3 Å². The van der Waals surface area contributed by atoms with Crippen LogP contribution in [-0.4, -0.2) is 63.2 Å². The standard InChI is InChI=1S/C16H32N4O2/c1-4-5-6-7-10-17-16(19-13-15(21)20(2)3)18-12-14-9-8-11-22-14/h14H,4-13H2,1-3H3,(H2,17,18,19). The molecule has 1 rings (SSSR count). The molecule has 6 nitrogen and oxygen atoms in total. The van der Waals surface area contributed by atoms with Crippen molar-refractivity contribution >= 4 is 11.9 Å². The summed E-state index contributed by atoms with van der Waals surface area (Å²) in [6.45, 7) is 4.85. The van der Waals surface area contributed by atoms with Crippen molar-refractivity contribution < 1.29 is 9.53 Å². The van der Waals surface area contributed by atoms with Gasteiger partial charge in [0.05, 0.1) is 6.10 Å². The predicted molar refractivity (Wildman–Crippen MR) is 90.1 cm³/mol. The molecule has 1 amide bonds. The summed E-state index contributed by atoms with van der Waals surface area (Å²) in [4.78, 5) is 17.6. The Hall–Kier alpha value is -1.30. The van der Waals surface area contributed by atoms with Crippen LogP contribution < -0.4 is 10.6 Å². The van der Waals surface area contributed by atoms with Gasteiger partial charge in [0.1, 0.15) is 6.54 Å². The van der Waals surface area contributed by atoms with Gasteiger partial charge in [-0.25, -0.2) is 4.99 Å². The number of carbonyl (C=O) groups is 1. The van der Waals surface area contributed by atoms with Crippen molar-refractivity contribution in [3.8, 4) is 0 Å². The minimum atomic E-state index is 0.00389. The summed E-state index contributed by atoms with van der Waals surface area (Å²) in [5.74, 6) is 0.714. The monoisotopic (exact) mass is 312 g/mol. The molecule has 2 N–H and O–H groups in total. The first-order valence-electron chi connectivity index (χ1n) is 8.47. The van der Waals surface area contributed by atoms with Gasteiger partial charge in [0.2, 0.25) is 5.91 Å². The molecule has 0 aromatic rings. The number of hydrogen-bond donors (Lipinski definition) is 2. The Morgan fingerprint density at radius 2 is 2.09 bits per heavy atom. The summed E-state index contributed by atoms with van der Waals surface area (Å²) < 4.78 is 5.60. The summed E-state index contributed by atoms with van der Waals surface area (Å²) in [5.41, 5.74) is 0. The summed E-state index contributed by atoms with van der Waals surface area (Å²) >= 11 is 0. The molecule has 128 valence electrons. The van der Waals surface area contributed by atoms with E-state index >= 15 is 0 Å². The van der Waals surface area contributed by atoms with Crippen LogP contribution in [0, 0.1) is 0 Å². The Kier molecular flexibility index (Phi) is 9.62. The minimum absolute atomic E-state index is 0.00389. The van der Waals surface area contributed by atoms with Gasteiger partial charge in [-0.15, -0.1) is 0 Å². The lowest BCUT2D eigenvalue weighted by Crippen LogP contribution is -2.42. The van der Waals surface area contributed by atoms with Crippen molar-refractivity contribution in [3.63, 3.8) is 0 Å². The molecule has 0 aromatic carbocycles. The van der Waals surface area contributed by atoms with Crippen LogP contribution in [0.3, 0.4) is 0 Å². The average molecular weight is 312 g/mol. The fraction of sp³-hybridized carbons (Fsp3) is 0.875. The van der Waals surface area contributed by atoms with Gasteiger partial charge in [-0.2, -0.15) is 0 Å². The number of ether oxygens (including phenoxy) is 1. The number of nitrogens with zero attached hydrogens (tertiary/aromatic N) is 2. The van der Waals surface area contributed by atoms with Crippen LogP contribution in [0.25, 0.3) is 0 Å². The molecular weight excluding hydrogens is 280 g/mol. The van der Waals surface area contributed by atoms with Crippen LogP contribution in [-0.2, 0) is 9.53 Å². The maximum absolute atomic E-state index is 11.7. The average Bonchev–Trinajstić information content (AvgIpc) is 3.01. The lowest BCUT2D eigenvalue weighted by atomic mass is 10.2. The third-order valence-electron chi connectivity index (χ3n) is 3.72. The van der Waals surface area contributed by atoms with E-state index in [0.717, 1.165) is 39.0 Å². The minimum Gasteiger partial charge on any atom is -0.376 e. The van der Waals surface area contributed by atoms with Gasteiger partial charge in [-0.1, -0.05) is 26.2 Å². The van der Waals surface area contributed by atoms with Gasteiger partial charge in [-0.05, 0) is 19.3 Å². The lowest BCUT2D eigenvalue weighted by molar-refractivity contribution is -0.127. The highest BCUT2D eigenvalue weighted by atomic mass is 16.5. The van der Waals surface area contributed by atoms with Gasteiger partial charge in [0.15, 0.2) is 5.96 Å². The van der Waals surface area contributed by atoms with Crippen LogP contribution in [0.15, 0.2) is 4.99 Å². The summed E-state index contributed by atoms with van der Waals surface area (Å²) in [7, 11) is 3.49. The van der Waals surface area contributed by atoms with Gasteiger partial charge < -0.3 is 20.3 Å². The van der Waals surface area contributed by atoms with Gasteiger partial charge in [0, 0.05) is 33.8 Å². The third-order valence-corrected chi connectivity index (χ3v) is 3.72. The molecule has 0 bridgehead atoms. The molecule has 6 heteroatoms. The van der Waals surface area contributed by atoms with Crippen LogP contribution in [0.2, 0.25) is 0 Å². The number of likely N-dealkylation sites (N-methyl/N-ethyl adjacent to an activating group) is 1. The Labute approximate surface area is 134 Å². The smallest absolute Gasteiger partial charge is 0.243 e. The number of hydrogen-bond acceptors (Lipinski definition) is 3. The quantitative estimate of drug-likeness (QED) is 0.383. The van der Waals surface area contributed by atoms with Crippen LogP contribution >= 0.6 is 0 Å². The molecular formula is C16H32N4O2. The summed E-state index contributed by atoms with van der Waals surface area (Å²) in [6, 6.07) is 0. The van der Waals surface area contributed by atoms with Crippen LogP contribution in [0.1, 0.15) is 45.4 Å². The number of aliphatic imine (C=N–C) groups is 1. The van der Waals surface area contributed by atoms with E-state index < -0.39 is 0 Å². The van der Waals surface area contributed by atoms with Crippen molar-refractivity contribution in [1.82, 2.24) is 15.5 Å². The normalized spacial score (nSPS) is 18.3. The van der Waals surface area contributed by atoms with E-state index in [2.05, 4.69) is 22.5 Å². The molecule has 1 saturated heterocycles. The zero-order valence-electron chi connectivity index (χ0n) is 14.4. The topological polar surface area (TPSA) is 66.0 Å². The molecule has 1 fully saturated rings. The van der Waals surface area contributed by atoms with Crippen molar-refractivity contribution in [1.29, 1.82) is 0 Å². The SMILES string of the molecule is CCCCCCNC(=NCC(=O)N(C)C)NCC1CCCO1. The first kappa shape index (κ1) is 18.7. The largest absolute Gasteiger partial charge is 0.376 e. The van der Waals surface area contributed by atoms with E-state index in [9.17, 15) is 4.79 Å². The second-order valence-corrected chi connectivity index (χ2v) is 5.96. The molecule has 22 heavy (non-hydrogen) atoms.